The Balaban J connectivity index is 1.54. The molecule has 0 spiro atoms. The first kappa shape index (κ1) is 29.4. The van der Waals surface area contributed by atoms with Crippen LogP contribution in [0, 0.1) is 12.8 Å². The highest BCUT2D eigenvalue weighted by atomic mass is 19.4. The smallest absolute Gasteiger partial charge is 0.390 e. The molecule has 0 saturated heterocycles. The summed E-state index contributed by atoms with van der Waals surface area (Å²) in [5.41, 5.74) is 6.39. The minimum atomic E-state index is -4.30. The molecule has 1 unspecified atom stereocenters. The van der Waals surface area contributed by atoms with E-state index in [4.69, 9.17) is 9.84 Å². The van der Waals surface area contributed by atoms with Gasteiger partial charge in [0.25, 0.3) is 5.91 Å². The molecule has 1 amide bonds. The number of benzene rings is 2. The van der Waals surface area contributed by atoms with Crippen LogP contribution in [0.4, 0.5) is 13.2 Å². The summed E-state index contributed by atoms with van der Waals surface area (Å²) in [6.07, 6.45) is 1.76. The van der Waals surface area contributed by atoms with Gasteiger partial charge in [-0.25, -0.2) is 5.01 Å². The Morgan fingerprint density at radius 1 is 1.17 bits per heavy atom. The van der Waals surface area contributed by atoms with Crippen molar-refractivity contribution >= 4 is 28.6 Å². The molecule has 1 fully saturated rings. The van der Waals surface area contributed by atoms with Crippen molar-refractivity contribution in [2.45, 2.75) is 58.2 Å². The van der Waals surface area contributed by atoms with E-state index in [2.05, 4.69) is 29.9 Å². The number of fused-ring (bicyclic) bond motifs is 1. The van der Waals surface area contributed by atoms with E-state index in [9.17, 15) is 18.0 Å². The lowest BCUT2D eigenvalue weighted by molar-refractivity contribution is -0.132. The summed E-state index contributed by atoms with van der Waals surface area (Å²) in [5, 5.41) is 9.84. The lowest BCUT2D eigenvalue weighted by atomic mass is 9.95. The maximum atomic E-state index is 13.1. The first-order valence-corrected chi connectivity index (χ1v) is 14.2. The van der Waals surface area contributed by atoms with Gasteiger partial charge in [-0.05, 0) is 73.1 Å². The fraction of sp³-hybridized carbons (Fsp3) is 0.364. The lowest BCUT2D eigenvalue weighted by Crippen LogP contribution is -2.31. The summed E-state index contributed by atoms with van der Waals surface area (Å²) < 4.78 is 44.4. The summed E-state index contributed by atoms with van der Waals surface area (Å²) in [4.78, 5) is 17.2. The number of amides is 1. The Hall–Kier alpha value is -4.14. The molecule has 1 aliphatic carbocycles. The largest absolute Gasteiger partial charge is 0.497 e. The zero-order chi connectivity index (χ0) is 30.0. The van der Waals surface area contributed by atoms with Crippen LogP contribution >= 0.6 is 0 Å². The van der Waals surface area contributed by atoms with Crippen molar-refractivity contribution in [2.24, 2.45) is 16.0 Å². The first-order valence-electron chi connectivity index (χ1n) is 14.2. The molecule has 2 heterocycles. The van der Waals surface area contributed by atoms with Gasteiger partial charge in [0.05, 0.1) is 36.3 Å². The number of hydrogen-bond donors (Lipinski definition) is 1. The van der Waals surface area contributed by atoms with Crippen molar-refractivity contribution in [3.05, 3.63) is 89.1 Å². The van der Waals surface area contributed by atoms with E-state index < -0.39 is 12.6 Å². The normalized spacial score (nSPS) is 19.8. The summed E-state index contributed by atoms with van der Waals surface area (Å²) in [7, 11) is 1.59. The van der Waals surface area contributed by atoms with Crippen molar-refractivity contribution in [1.82, 2.24) is 10.3 Å². The first-order chi connectivity index (χ1) is 20.0. The number of aryl methyl sites for hydroxylation is 1. The number of nitrogens with zero attached hydrogens (tertiary/aromatic N) is 3. The van der Waals surface area contributed by atoms with Crippen LogP contribution in [-0.4, -0.2) is 48.2 Å². The van der Waals surface area contributed by atoms with Crippen LogP contribution in [0.5, 0.6) is 5.75 Å². The van der Waals surface area contributed by atoms with Gasteiger partial charge in [-0.3, -0.25) is 9.79 Å². The van der Waals surface area contributed by atoms with E-state index in [-0.39, 0.29) is 30.8 Å². The Bertz CT molecular complexity index is 1500. The summed E-state index contributed by atoms with van der Waals surface area (Å²) >= 11 is 0. The minimum Gasteiger partial charge on any atom is -0.497 e. The van der Waals surface area contributed by atoms with Crippen LogP contribution in [0.1, 0.15) is 66.1 Å². The SMILES string of the molecule is C=C(C1=NN2C(=CCC(C)C=C2c2ccc(C(=O)NC3CC3)c(C)c2)C(=NCCC(F)(F)F)C1)c1ccc(OC)cc1. The maximum absolute atomic E-state index is 13.1. The topological polar surface area (TPSA) is 66.3 Å². The standard InChI is InChI=1S/C33H35F3N4O2/c1-20-5-14-30-29(37-16-15-33(34,35)36)19-28(22(3)23-6-11-26(42-4)12-7-23)39-40(30)31(17-20)24-8-13-27(21(2)18-24)32(41)38-25-9-10-25/h6-8,11-14,17-18,20,25H,3,5,9-10,15-16,19H2,1-2,4H3,(H,38,41). The molecular weight excluding hydrogens is 541 g/mol. The molecule has 9 heteroatoms. The Labute approximate surface area is 244 Å². The fourth-order valence-electron chi connectivity index (χ4n) is 5.04. The molecule has 2 aliphatic heterocycles. The highest BCUT2D eigenvalue weighted by Gasteiger charge is 2.32. The number of halogens is 3. The number of alkyl halides is 3. The number of methoxy groups -OCH3 is 1. The Kier molecular flexibility index (Phi) is 8.38. The van der Waals surface area contributed by atoms with Crippen molar-refractivity contribution in [3.63, 3.8) is 0 Å². The van der Waals surface area contributed by atoms with Gasteiger partial charge in [0.1, 0.15) is 5.75 Å². The number of nitrogens with one attached hydrogen (secondary N) is 1. The summed E-state index contributed by atoms with van der Waals surface area (Å²) in [5.74, 6) is 0.753. The number of ether oxygens (including phenoxy) is 1. The molecular formula is C33H35F3N4O2. The van der Waals surface area contributed by atoms with Crippen LogP contribution in [-0.2, 0) is 0 Å². The second-order valence-corrected chi connectivity index (χ2v) is 11.1. The molecule has 6 nitrogen and oxygen atoms in total. The molecule has 2 aromatic carbocycles. The van der Waals surface area contributed by atoms with E-state index in [1.54, 1.807) is 12.1 Å². The maximum Gasteiger partial charge on any atom is 0.390 e. The average molecular weight is 577 g/mol. The van der Waals surface area contributed by atoms with Crippen molar-refractivity contribution < 1.29 is 22.7 Å². The second-order valence-electron chi connectivity index (χ2n) is 11.1. The quantitative estimate of drug-likeness (QED) is 0.358. The minimum absolute atomic E-state index is 0.0847. The lowest BCUT2D eigenvalue weighted by Gasteiger charge is -2.31. The van der Waals surface area contributed by atoms with Crippen molar-refractivity contribution in [1.29, 1.82) is 0 Å². The van der Waals surface area contributed by atoms with Gasteiger partial charge in [-0.1, -0.05) is 43.9 Å². The van der Waals surface area contributed by atoms with Crippen LogP contribution in [0.3, 0.4) is 0 Å². The molecule has 0 aromatic heterocycles. The molecule has 3 aliphatic rings. The number of hydrogen-bond acceptors (Lipinski definition) is 5. The van der Waals surface area contributed by atoms with Gasteiger partial charge in [0.15, 0.2) is 0 Å². The average Bonchev–Trinajstić information content (AvgIpc) is 3.79. The summed E-state index contributed by atoms with van der Waals surface area (Å²) in [6.45, 7) is 7.91. The monoisotopic (exact) mass is 576 g/mol. The van der Waals surface area contributed by atoms with Gasteiger partial charge >= 0.3 is 6.18 Å². The highest BCUT2D eigenvalue weighted by Crippen LogP contribution is 2.36. The summed E-state index contributed by atoms with van der Waals surface area (Å²) in [6, 6.07) is 13.4. The number of carbonyl (C=O) groups excluding carboxylic acids is 1. The Morgan fingerprint density at radius 3 is 2.55 bits per heavy atom. The Morgan fingerprint density at radius 2 is 1.90 bits per heavy atom. The number of aliphatic imine (C=N–C) groups is 1. The van der Waals surface area contributed by atoms with E-state index >= 15 is 0 Å². The highest BCUT2D eigenvalue weighted by molar-refractivity contribution is 6.31. The molecule has 2 aromatic rings. The second kappa shape index (κ2) is 12.0. The number of hydrazone groups is 1. The third-order valence-electron chi connectivity index (χ3n) is 7.60. The van der Waals surface area contributed by atoms with Gasteiger partial charge < -0.3 is 10.1 Å². The van der Waals surface area contributed by atoms with E-state index in [1.165, 1.54) is 0 Å². The third-order valence-corrected chi connectivity index (χ3v) is 7.60. The molecule has 1 N–H and O–H groups in total. The molecule has 1 saturated carbocycles. The number of rotatable bonds is 8. The number of carbonyl (C=O) groups is 1. The molecule has 0 radical (unpaired) electrons. The van der Waals surface area contributed by atoms with Gasteiger partial charge in [0, 0.05) is 30.1 Å². The zero-order valence-corrected chi connectivity index (χ0v) is 24.1. The predicted octanol–water partition coefficient (Wildman–Crippen LogP) is 7.33. The molecule has 1 atom stereocenters. The van der Waals surface area contributed by atoms with Crippen LogP contribution in [0.15, 0.2) is 77.0 Å². The molecule has 5 rings (SSSR count). The zero-order valence-electron chi connectivity index (χ0n) is 24.1. The van der Waals surface area contributed by atoms with E-state index in [0.717, 1.165) is 35.2 Å². The van der Waals surface area contributed by atoms with Crippen LogP contribution in [0.25, 0.3) is 11.3 Å². The van der Waals surface area contributed by atoms with E-state index in [0.29, 0.717) is 40.4 Å². The molecule has 0 bridgehead atoms. The van der Waals surface area contributed by atoms with Crippen LogP contribution in [0.2, 0.25) is 0 Å². The van der Waals surface area contributed by atoms with E-state index in [1.807, 2.05) is 55.5 Å². The van der Waals surface area contributed by atoms with Crippen LogP contribution < -0.4 is 10.1 Å². The third kappa shape index (κ3) is 6.83. The van der Waals surface area contributed by atoms with Gasteiger partial charge in [0.2, 0.25) is 0 Å². The molecule has 42 heavy (non-hydrogen) atoms. The molecule has 220 valence electrons. The van der Waals surface area contributed by atoms with Crippen molar-refractivity contribution in [2.75, 3.05) is 13.7 Å². The fourth-order valence-corrected chi connectivity index (χ4v) is 5.04. The van der Waals surface area contributed by atoms with Gasteiger partial charge in [-0.15, -0.1) is 0 Å². The van der Waals surface area contributed by atoms with Crippen molar-refractivity contribution in [3.8, 4) is 5.75 Å². The predicted molar refractivity (Wildman–Crippen MR) is 160 cm³/mol. The number of allylic oxidation sites excluding steroid dienone is 4. The van der Waals surface area contributed by atoms with Gasteiger partial charge in [-0.2, -0.15) is 18.3 Å².